The lowest BCUT2D eigenvalue weighted by molar-refractivity contribution is -0.700. The Balaban J connectivity index is 2.78. The number of nitrogens with zero attached hydrogens (tertiary/aromatic N) is 2. The average molecular weight is 224 g/mol. The maximum Gasteiger partial charge on any atom is 0.244 e. The summed E-state index contributed by atoms with van der Waals surface area (Å²) in [6.07, 6.45) is 7.75. The minimum absolute atomic E-state index is 0.282. The SMILES string of the molecule is CCCCn1cc(C(=O)[O-])[n+](CCCC)c1. The summed E-state index contributed by atoms with van der Waals surface area (Å²) in [5.74, 6) is -1.09. The summed E-state index contributed by atoms with van der Waals surface area (Å²) in [6.45, 7) is 5.83. The molecule has 0 unspecified atom stereocenters. The fourth-order valence-electron chi connectivity index (χ4n) is 1.65. The number of carbonyl (C=O) groups is 1. The largest absolute Gasteiger partial charge is 0.541 e. The summed E-state index contributed by atoms with van der Waals surface area (Å²) in [4.78, 5) is 10.9. The number of rotatable bonds is 7. The zero-order chi connectivity index (χ0) is 12.0. The molecule has 0 fully saturated rings. The van der Waals surface area contributed by atoms with Crippen LogP contribution in [0.5, 0.6) is 0 Å². The number of aryl methyl sites for hydroxylation is 2. The molecule has 4 nitrogen and oxygen atoms in total. The smallest absolute Gasteiger partial charge is 0.244 e. The summed E-state index contributed by atoms with van der Waals surface area (Å²) in [5, 5.41) is 10.9. The molecule has 0 bridgehead atoms. The number of carbonyl (C=O) groups excluding carboxylic acids is 1. The molecule has 0 N–H and O–H groups in total. The Morgan fingerprint density at radius 3 is 2.62 bits per heavy atom. The molecule has 0 aromatic carbocycles. The van der Waals surface area contributed by atoms with Crippen LogP contribution in [0.25, 0.3) is 0 Å². The molecular weight excluding hydrogens is 204 g/mol. The number of carboxylic acids is 1. The van der Waals surface area contributed by atoms with Gasteiger partial charge in [-0.25, -0.2) is 9.13 Å². The van der Waals surface area contributed by atoms with E-state index in [2.05, 4.69) is 13.8 Å². The molecule has 1 aromatic rings. The van der Waals surface area contributed by atoms with E-state index in [4.69, 9.17) is 0 Å². The fourth-order valence-corrected chi connectivity index (χ4v) is 1.65. The fraction of sp³-hybridized carbons (Fsp3) is 0.667. The van der Waals surface area contributed by atoms with Crippen molar-refractivity contribution in [2.45, 2.75) is 52.6 Å². The highest BCUT2D eigenvalue weighted by atomic mass is 16.4. The molecule has 0 amide bonds. The van der Waals surface area contributed by atoms with Crippen molar-refractivity contribution in [2.24, 2.45) is 0 Å². The number of hydrogen-bond acceptors (Lipinski definition) is 2. The highest BCUT2D eigenvalue weighted by Crippen LogP contribution is 1.99. The zero-order valence-corrected chi connectivity index (χ0v) is 10.1. The summed E-state index contributed by atoms with van der Waals surface area (Å²) in [7, 11) is 0. The van der Waals surface area contributed by atoms with Gasteiger partial charge in [-0.15, -0.1) is 0 Å². The first kappa shape index (κ1) is 12.7. The maximum absolute atomic E-state index is 10.9. The molecule has 0 aliphatic rings. The van der Waals surface area contributed by atoms with Crippen molar-refractivity contribution in [3.8, 4) is 0 Å². The number of unbranched alkanes of at least 4 members (excludes halogenated alkanes) is 2. The van der Waals surface area contributed by atoms with Crippen molar-refractivity contribution in [3.05, 3.63) is 18.2 Å². The summed E-state index contributed by atoms with van der Waals surface area (Å²) >= 11 is 0. The van der Waals surface area contributed by atoms with Crippen LogP contribution < -0.4 is 9.67 Å². The molecule has 16 heavy (non-hydrogen) atoms. The third-order valence-electron chi connectivity index (χ3n) is 2.62. The molecule has 0 saturated carbocycles. The van der Waals surface area contributed by atoms with Gasteiger partial charge in [-0.1, -0.05) is 26.7 Å². The molecule has 1 aromatic heterocycles. The molecule has 0 atom stereocenters. The van der Waals surface area contributed by atoms with Crippen molar-refractivity contribution in [1.82, 2.24) is 4.57 Å². The summed E-state index contributed by atoms with van der Waals surface area (Å²) in [6, 6.07) is 0. The Morgan fingerprint density at radius 2 is 2.06 bits per heavy atom. The van der Waals surface area contributed by atoms with E-state index in [0.717, 1.165) is 38.8 Å². The molecule has 1 rings (SSSR count). The quantitative estimate of drug-likeness (QED) is 0.641. The summed E-state index contributed by atoms with van der Waals surface area (Å²) < 4.78 is 3.71. The standard InChI is InChI=1S/C12H20N2O2/c1-3-5-7-13-9-11(12(15)16)14(10-13)8-6-4-2/h9-10H,3-8H2,1-2H3. The second-order valence-corrected chi connectivity index (χ2v) is 4.06. The normalized spacial score (nSPS) is 10.6. The van der Waals surface area contributed by atoms with Crippen LogP contribution >= 0.6 is 0 Å². The van der Waals surface area contributed by atoms with Crippen molar-refractivity contribution in [1.29, 1.82) is 0 Å². The van der Waals surface area contributed by atoms with Gasteiger partial charge in [0.25, 0.3) is 0 Å². The lowest BCUT2D eigenvalue weighted by Crippen LogP contribution is -2.42. The van der Waals surface area contributed by atoms with Gasteiger partial charge in [0.2, 0.25) is 6.33 Å². The number of carboxylic acid groups (broad SMARTS) is 1. The average Bonchev–Trinajstić information content (AvgIpc) is 2.67. The molecule has 0 radical (unpaired) electrons. The van der Waals surface area contributed by atoms with Crippen molar-refractivity contribution in [3.63, 3.8) is 0 Å². The number of hydrogen-bond donors (Lipinski definition) is 0. The van der Waals surface area contributed by atoms with Gasteiger partial charge in [0.15, 0.2) is 5.69 Å². The van der Waals surface area contributed by atoms with E-state index in [1.165, 1.54) is 0 Å². The Kier molecular flexibility index (Phi) is 5.02. The van der Waals surface area contributed by atoms with E-state index in [1.807, 2.05) is 10.9 Å². The Bertz CT molecular complexity index is 345. The van der Waals surface area contributed by atoms with E-state index in [9.17, 15) is 9.90 Å². The highest BCUT2D eigenvalue weighted by molar-refractivity contribution is 5.81. The van der Waals surface area contributed by atoms with Gasteiger partial charge in [-0.2, -0.15) is 0 Å². The monoisotopic (exact) mass is 224 g/mol. The van der Waals surface area contributed by atoms with E-state index < -0.39 is 5.97 Å². The van der Waals surface area contributed by atoms with Gasteiger partial charge in [-0.05, 0) is 12.8 Å². The van der Waals surface area contributed by atoms with Gasteiger partial charge in [0.05, 0.1) is 13.1 Å². The van der Waals surface area contributed by atoms with E-state index in [0.29, 0.717) is 0 Å². The number of imidazole rings is 1. The van der Waals surface area contributed by atoms with Crippen molar-refractivity contribution < 1.29 is 14.5 Å². The van der Waals surface area contributed by atoms with Crippen LogP contribution in [0, 0.1) is 0 Å². The van der Waals surface area contributed by atoms with Crippen LogP contribution in [0.3, 0.4) is 0 Å². The topological polar surface area (TPSA) is 48.9 Å². The van der Waals surface area contributed by atoms with E-state index in [-0.39, 0.29) is 5.69 Å². The first-order valence-corrected chi connectivity index (χ1v) is 5.99. The molecule has 4 heteroatoms. The van der Waals surface area contributed by atoms with Crippen molar-refractivity contribution >= 4 is 5.97 Å². The first-order chi connectivity index (χ1) is 7.69. The van der Waals surface area contributed by atoms with Gasteiger partial charge in [-0.3, -0.25) is 0 Å². The summed E-state index contributed by atoms with van der Waals surface area (Å²) in [5.41, 5.74) is 0.282. The Hall–Kier alpha value is -1.32. The van der Waals surface area contributed by atoms with Crippen LogP contribution in [-0.4, -0.2) is 10.5 Å². The Morgan fingerprint density at radius 1 is 1.38 bits per heavy atom. The number of aromatic carboxylic acids is 1. The third kappa shape index (κ3) is 3.36. The van der Waals surface area contributed by atoms with Gasteiger partial charge >= 0.3 is 0 Å². The minimum Gasteiger partial charge on any atom is -0.541 e. The molecule has 0 aliphatic heterocycles. The maximum atomic E-state index is 10.9. The second-order valence-electron chi connectivity index (χ2n) is 4.06. The lowest BCUT2D eigenvalue weighted by Gasteiger charge is -2.00. The van der Waals surface area contributed by atoms with E-state index >= 15 is 0 Å². The van der Waals surface area contributed by atoms with Gasteiger partial charge in [0, 0.05) is 0 Å². The zero-order valence-electron chi connectivity index (χ0n) is 10.1. The Labute approximate surface area is 96.5 Å². The molecule has 1 heterocycles. The highest BCUT2D eigenvalue weighted by Gasteiger charge is 2.13. The van der Waals surface area contributed by atoms with Crippen LogP contribution in [-0.2, 0) is 13.1 Å². The third-order valence-corrected chi connectivity index (χ3v) is 2.62. The van der Waals surface area contributed by atoms with Crippen LogP contribution in [0.2, 0.25) is 0 Å². The second kappa shape index (κ2) is 6.30. The van der Waals surface area contributed by atoms with Gasteiger partial charge < -0.3 is 9.90 Å². The molecule has 0 spiro atoms. The first-order valence-electron chi connectivity index (χ1n) is 5.99. The predicted molar refractivity (Wildman–Crippen MR) is 58.8 cm³/mol. The molecular formula is C12H20N2O2. The van der Waals surface area contributed by atoms with Crippen molar-refractivity contribution in [2.75, 3.05) is 0 Å². The van der Waals surface area contributed by atoms with E-state index in [1.54, 1.807) is 10.8 Å². The molecule has 0 aliphatic carbocycles. The van der Waals surface area contributed by atoms with Gasteiger partial charge in [0.1, 0.15) is 12.2 Å². The van der Waals surface area contributed by atoms with Crippen LogP contribution in [0.1, 0.15) is 50.0 Å². The van der Waals surface area contributed by atoms with Crippen LogP contribution in [0.15, 0.2) is 12.5 Å². The van der Waals surface area contributed by atoms with Crippen LogP contribution in [0.4, 0.5) is 0 Å². The molecule has 0 saturated heterocycles. The number of aromatic nitrogens is 2. The minimum atomic E-state index is -1.09. The molecule has 90 valence electrons. The lowest BCUT2D eigenvalue weighted by atomic mass is 10.3. The predicted octanol–water partition coefficient (Wildman–Crippen LogP) is 0.739.